The fraction of sp³-hybridized carbons (Fsp3) is 0.235. The summed E-state index contributed by atoms with van der Waals surface area (Å²) in [5, 5.41) is 2.77. The molecule has 0 aliphatic carbocycles. The van der Waals surface area contributed by atoms with E-state index < -0.39 is 5.82 Å². The molecular formula is C17H17BrFNO2. The number of halogens is 2. The average molecular weight is 366 g/mol. The molecule has 22 heavy (non-hydrogen) atoms. The Morgan fingerprint density at radius 2 is 1.91 bits per heavy atom. The largest absolute Gasteiger partial charge is 0.491 e. The van der Waals surface area contributed by atoms with Crippen LogP contribution >= 0.6 is 15.9 Å². The molecule has 3 nitrogen and oxygen atoms in total. The number of carbonyl (C=O) groups excluding carboxylic acids is 1. The maximum atomic E-state index is 13.2. The number of carbonyl (C=O) groups is 1. The summed E-state index contributed by atoms with van der Waals surface area (Å²) in [6.45, 7) is 4.29. The fourth-order valence-electron chi connectivity index (χ4n) is 1.91. The first-order valence-corrected chi connectivity index (χ1v) is 7.74. The number of nitrogens with one attached hydrogen (secondary N) is 1. The van der Waals surface area contributed by atoms with Crippen LogP contribution in [0, 0.1) is 5.82 Å². The predicted octanol–water partition coefficient (Wildman–Crippen LogP) is 4.31. The van der Waals surface area contributed by atoms with E-state index in [0.717, 1.165) is 11.3 Å². The normalized spacial score (nSPS) is 10.6. The highest BCUT2D eigenvalue weighted by atomic mass is 79.9. The molecule has 116 valence electrons. The van der Waals surface area contributed by atoms with Gasteiger partial charge in [0, 0.05) is 11.0 Å². The van der Waals surface area contributed by atoms with Gasteiger partial charge in [0.1, 0.15) is 11.6 Å². The lowest BCUT2D eigenvalue weighted by atomic mass is 10.2. The van der Waals surface area contributed by atoms with Crippen molar-refractivity contribution in [3.05, 3.63) is 63.9 Å². The summed E-state index contributed by atoms with van der Waals surface area (Å²) in [6.07, 6.45) is 0.121. The third-order valence-electron chi connectivity index (χ3n) is 2.92. The van der Waals surface area contributed by atoms with E-state index in [4.69, 9.17) is 4.74 Å². The highest BCUT2D eigenvalue weighted by molar-refractivity contribution is 9.10. The smallest absolute Gasteiger partial charge is 0.252 e. The van der Waals surface area contributed by atoms with Crippen LogP contribution in [0.5, 0.6) is 5.75 Å². The maximum Gasteiger partial charge on any atom is 0.252 e. The van der Waals surface area contributed by atoms with Gasteiger partial charge in [-0.1, -0.05) is 12.1 Å². The van der Waals surface area contributed by atoms with Crippen molar-refractivity contribution in [3.8, 4) is 5.75 Å². The Morgan fingerprint density at radius 3 is 2.55 bits per heavy atom. The summed E-state index contributed by atoms with van der Waals surface area (Å²) in [5.41, 5.74) is 1.22. The van der Waals surface area contributed by atoms with Crippen LogP contribution in [-0.4, -0.2) is 12.0 Å². The number of hydrogen-bond acceptors (Lipinski definition) is 2. The third-order valence-corrected chi connectivity index (χ3v) is 3.61. The van der Waals surface area contributed by atoms with Crippen molar-refractivity contribution >= 4 is 21.8 Å². The van der Waals surface area contributed by atoms with E-state index in [1.54, 1.807) is 0 Å². The van der Waals surface area contributed by atoms with Gasteiger partial charge in [-0.3, -0.25) is 4.79 Å². The van der Waals surface area contributed by atoms with Crippen LogP contribution in [0.25, 0.3) is 0 Å². The first kappa shape index (κ1) is 16.5. The minimum absolute atomic E-state index is 0.121. The Hall–Kier alpha value is -1.88. The molecule has 0 spiro atoms. The van der Waals surface area contributed by atoms with E-state index in [2.05, 4.69) is 21.2 Å². The van der Waals surface area contributed by atoms with Crippen molar-refractivity contribution < 1.29 is 13.9 Å². The quantitative estimate of drug-likeness (QED) is 0.857. The molecule has 0 saturated carbocycles. The highest BCUT2D eigenvalue weighted by Crippen LogP contribution is 2.18. The first-order chi connectivity index (χ1) is 10.5. The van der Waals surface area contributed by atoms with Crippen molar-refractivity contribution in [2.75, 3.05) is 0 Å². The monoisotopic (exact) mass is 365 g/mol. The van der Waals surface area contributed by atoms with Gasteiger partial charge in [-0.05, 0) is 65.7 Å². The van der Waals surface area contributed by atoms with Crippen LogP contribution < -0.4 is 10.1 Å². The van der Waals surface area contributed by atoms with Crippen molar-refractivity contribution in [2.24, 2.45) is 0 Å². The molecule has 0 bridgehead atoms. The summed E-state index contributed by atoms with van der Waals surface area (Å²) in [7, 11) is 0. The molecule has 2 aromatic carbocycles. The Kier molecular flexibility index (Phi) is 5.55. The molecule has 0 atom stereocenters. The molecule has 1 amide bonds. The van der Waals surface area contributed by atoms with Gasteiger partial charge in [0.05, 0.1) is 11.7 Å². The van der Waals surface area contributed by atoms with Crippen LogP contribution in [-0.2, 0) is 6.54 Å². The summed E-state index contributed by atoms with van der Waals surface area (Å²) in [5.74, 6) is 0.0235. The molecule has 0 saturated heterocycles. The topological polar surface area (TPSA) is 38.3 Å². The maximum absolute atomic E-state index is 13.2. The molecular weight excluding hydrogens is 349 g/mol. The summed E-state index contributed by atoms with van der Waals surface area (Å²) >= 11 is 3.25. The number of amides is 1. The number of hydrogen-bond donors (Lipinski definition) is 1. The van der Waals surface area contributed by atoms with E-state index in [1.165, 1.54) is 18.2 Å². The Labute approximate surface area is 137 Å². The molecule has 0 radical (unpaired) electrons. The molecule has 0 aliphatic heterocycles. The zero-order chi connectivity index (χ0) is 16.1. The van der Waals surface area contributed by atoms with Gasteiger partial charge in [-0.15, -0.1) is 0 Å². The molecule has 1 N–H and O–H groups in total. The second-order valence-corrected chi connectivity index (χ2v) is 5.97. The standard InChI is InChI=1S/C17H17BrFNO2/c1-11(2)22-14-6-3-12(4-7-14)10-20-17(21)15-9-13(19)5-8-16(15)18/h3-9,11H,10H2,1-2H3,(H,20,21). The zero-order valence-electron chi connectivity index (χ0n) is 12.4. The molecule has 2 rings (SSSR count). The number of benzene rings is 2. The van der Waals surface area contributed by atoms with Gasteiger partial charge >= 0.3 is 0 Å². The van der Waals surface area contributed by atoms with Gasteiger partial charge < -0.3 is 10.1 Å². The van der Waals surface area contributed by atoms with Gasteiger partial charge in [0.2, 0.25) is 0 Å². The van der Waals surface area contributed by atoms with Crippen molar-refractivity contribution in [2.45, 2.75) is 26.5 Å². The lowest BCUT2D eigenvalue weighted by molar-refractivity contribution is 0.0949. The SMILES string of the molecule is CC(C)Oc1ccc(CNC(=O)c2cc(F)ccc2Br)cc1. The molecule has 0 fully saturated rings. The van der Waals surface area contributed by atoms with Gasteiger partial charge in [-0.2, -0.15) is 0 Å². The molecule has 0 aromatic heterocycles. The Bertz CT molecular complexity index is 656. The van der Waals surface area contributed by atoms with Gasteiger partial charge in [0.15, 0.2) is 0 Å². The van der Waals surface area contributed by atoms with Crippen LogP contribution in [0.3, 0.4) is 0 Å². The van der Waals surface area contributed by atoms with E-state index in [-0.39, 0.29) is 17.6 Å². The van der Waals surface area contributed by atoms with E-state index in [0.29, 0.717) is 11.0 Å². The lowest BCUT2D eigenvalue weighted by Gasteiger charge is -2.11. The second-order valence-electron chi connectivity index (χ2n) is 5.12. The second kappa shape index (κ2) is 7.40. The summed E-state index contributed by atoms with van der Waals surface area (Å²) < 4.78 is 19.3. The highest BCUT2D eigenvalue weighted by Gasteiger charge is 2.10. The molecule has 0 aliphatic rings. The van der Waals surface area contributed by atoms with Crippen molar-refractivity contribution in [1.29, 1.82) is 0 Å². The van der Waals surface area contributed by atoms with Crippen molar-refractivity contribution in [3.63, 3.8) is 0 Å². The average Bonchev–Trinajstić information content (AvgIpc) is 2.48. The van der Waals surface area contributed by atoms with Crippen LogP contribution in [0.1, 0.15) is 29.8 Å². The molecule has 5 heteroatoms. The number of ether oxygens (including phenoxy) is 1. The predicted molar refractivity (Wildman–Crippen MR) is 87.5 cm³/mol. The van der Waals surface area contributed by atoms with E-state index >= 15 is 0 Å². The Balaban J connectivity index is 1.97. The van der Waals surface area contributed by atoms with Gasteiger partial charge in [0.25, 0.3) is 5.91 Å². The van der Waals surface area contributed by atoms with E-state index in [9.17, 15) is 9.18 Å². The van der Waals surface area contributed by atoms with Crippen LogP contribution in [0.15, 0.2) is 46.9 Å². The number of rotatable bonds is 5. The van der Waals surface area contributed by atoms with E-state index in [1.807, 2.05) is 38.1 Å². The Morgan fingerprint density at radius 1 is 1.23 bits per heavy atom. The van der Waals surface area contributed by atoms with Crippen LogP contribution in [0.2, 0.25) is 0 Å². The van der Waals surface area contributed by atoms with Gasteiger partial charge in [-0.25, -0.2) is 4.39 Å². The van der Waals surface area contributed by atoms with Crippen molar-refractivity contribution in [1.82, 2.24) is 5.32 Å². The molecule has 2 aromatic rings. The fourth-order valence-corrected chi connectivity index (χ4v) is 2.33. The molecule has 0 unspecified atom stereocenters. The third kappa shape index (κ3) is 4.56. The zero-order valence-corrected chi connectivity index (χ0v) is 14.0. The summed E-state index contributed by atoms with van der Waals surface area (Å²) in [6, 6.07) is 11.5. The minimum Gasteiger partial charge on any atom is -0.491 e. The minimum atomic E-state index is -0.441. The van der Waals surface area contributed by atoms with Crippen LogP contribution in [0.4, 0.5) is 4.39 Å². The molecule has 0 heterocycles. The first-order valence-electron chi connectivity index (χ1n) is 6.94. The summed E-state index contributed by atoms with van der Waals surface area (Å²) in [4.78, 5) is 12.1. The lowest BCUT2D eigenvalue weighted by Crippen LogP contribution is -2.23.